The van der Waals surface area contributed by atoms with Crippen molar-refractivity contribution in [3.8, 4) is 0 Å². The SMILES string of the molecule is Cc1noc(C)c1[C@H](O)CCN. The quantitative estimate of drug-likeness (QED) is 0.699. The Kier molecular flexibility index (Phi) is 2.83. The largest absolute Gasteiger partial charge is 0.388 e. The molecule has 68 valence electrons. The number of aromatic nitrogens is 1. The lowest BCUT2D eigenvalue weighted by Gasteiger charge is -2.07. The molecule has 4 heteroatoms. The van der Waals surface area contributed by atoms with Gasteiger partial charge in [0.1, 0.15) is 5.76 Å². The van der Waals surface area contributed by atoms with Crippen LogP contribution in [0.1, 0.15) is 29.5 Å². The summed E-state index contributed by atoms with van der Waals surface area (Å²) in [6, 6.07) is 0. The van der Waals surface area contributed by atoms with Gasteiger partial charge in [-0.05, 0) is 26.8 Å². The van der Waals surface area contributed by atoms with E-state index in [1.165, 1.54) is 0 Å². The summed E-state index contributed by atoms with van der Waals surface area (Å²) in [6.45, 7) is 4.06. The molecule has 0 saturated carbocycles. The Hall–Kier alpha value is -0.870. The van der Waals surface area contributed by atoms with E-state index in [0.29, 0.717) is 18.7 Å². The first-order valence-electron chi connectivity index (χ1n) is 3.97. The van der Waals surface area contributed by atoms with Gasteiger partial charge < -0.3 is 15.4 Å². The predicted molar refractivity (Wildman–Crippen MR) is 44.6 cm³/mol. The molecule has 3 N–H and O–H groups in total. The summed E-state index contributed by atoms with van der Waals surface area (Å²) in [7, 11) is 0. The molecule has 0 saturated heterocycles. The smallest absolute Gasteiger partial charge is 0.139 e. The summed E-state index contributed by atoms with van der Waals surface area (Å²) in [5.74, 6) is 0.674. The van der Waals surface area contributed by atoms with Crippen molar-refractivity contribution in [3.05, 3.63) is 17.0 Å². The number of aryl methyl sites for hydroxylation is 2. The summed E-state index contributed by atoms with van der Waals surface area (Å²) in [6.07, 6.45) is 0.00403. The number of nitrogens with zero attached hydrogens (tertiary/aromatic N) is 1. The molecule has 0 spiro atoms. The zero-order chi connectivity index (χ0) is 9.14. The summed E-state index contributed by atoms with van der Waals surface area (Å²) >= 11 is 0. The third-order valence-corrected chi connectivity index (χ3v) is 1.86. The molecule has 0 amide bonds. The molecular weight excluding hydrogens is 156 g/mol. The fourth-order valence-electron chi connectivity index (χ4n) is 1.27. The van der Waals surface area contributed by atoms with E-state index >= 15 is 0 Å². The first-order valence-corrected chi connectivity index (χ1v) is 3.97. The Morgan fingerprint density at radius 1 is 1.58 bits per heavy atom. The second kappa shape index (κ2) is 3.69. The molecule has 12 heavy (non-hydrogen) atoms. The average molecular weight is 170 g/mol. The van der Waals surface area contributed by atoms with Crippen LogP contribution in [0.3, 0.4) is 0 Å². The predicted octanol–water partition coefficient (Wildman–Crippen LogP) is 0.674. The molecule has 0 unspecified atom stereocenters. The molecule has 4 nitrogen and oxygen atoms in total. The Bertz CT molecular complexity index is 238. The maximum Gasteiger partial charge on any atom is 0.139 e. The minimum atomic E-state index is -0.541. The Morgan fingerprint density at radius 2 is 2.25 bits per heavy atom. The van der Waals surface area contributed by atoms with Gasteiger partial charge in [-0.25, -0.2) is 0 Å². The van der Waals surface area contributed by atoms with Gasteiger partial charge in [0.05, 0.1) is 11.8 Å². The molecule has 0 aromatic carbocycles. The second-order valence-corrected chi connectivity index (χ2v) is 2.83. The zero-order valence-corrected chi connectivity index (χ0v) is 7.37. The normalized spacial score (nSPS) is 13.3. The average Bonchev–Trinajstić information content (AvgIpc) is 2.32. The molecule has 0 aliphatic rings. The molecule has 0 bridgehead atoms. The molecule has 1 aromatic rings. The molecule has 0 radical (unpaired) electrons. The van der Waals surface area contributed by atoms with E-state index in [4.69, 9.17) is 10.3 Å². The van der Waals surface area contributed by atoms with Gasteiger partial charge >= 0.3 is 0 Å². The van der Waals surface area contributed by atoms with E-state index in [1.807, 2.05) is 6.92 Å². The minimum absolute atomic E-state index is 0.464. The fraction of sp³-hybridized carbons (Fsp3) is 0.625. The molecule has 1 rings (SSSR count). The molecule has 0 fully saturated rings. The third kappa shape index (κ3) is 1.65. The number of aliphatic hydroxyl groups excluding tert-OH is 1. The standard InChI is InChI=1S/C8H14N2O2/c1-5-8(6(2)12-10-5)7(11)3-4-9/h7,11H,3-4,9H2,1-2H3/t7-/m1/s1. The first kappa shape index (κ1) is 9.22. The van der Waals surface area contributed by atoms with Crippen molar-refractivity contribution < 1.29 is 9.63 Å². The van der Waals surface area contributed by atoms with Crippen molar-refractivity contribution in [2.24, 2.45) is 5.73 Å². The fourth-order valence-corrected chi connectivity index (χ4v) is 1.27. The summed E-state index contributed by atoms with van der Waals surface area (Å²) < 4.78 is 4.91. The van der Waals surface area contributed by atoms with Crippen LogP contribution in [0.2, 0.25) is 0 Å². The number of hydrogen-bond donors (Lipinski definition) is 2. The Labute approximate surface area is 71.4 Å². The van der Waals surface area contributed by atoms with Gasteiger partial charge in [-0.15, -0.1) is 0 Å². The van der Waals surface area contributed by atoms with Crippen LogP contribution in [0, 0.1) is 13.8 Å². The van der Waals surface area contributed by atoms with Crippen LogP contribution in [0.25, 0.3) is 0 Å². The molecular formula is C8H14N2O2. The van der Waals surface area contributed by atoms with E-state index in [-0.39, 0.29) is 0 Å². The minimum Gasteiger partial charge on any atom is -0.388 e. The van der Waals surface area contributed by atoms with Crippen LogP contribution in [0.5, 0.6) is 0 Å². The number of rotatable bonds is 3. The van der Waals surface area contributed by atoms with Crippen LogP contribution in [0.15, 0.2) is 4.52 Å². The van der Waals surface area contributed by atoms with E-state index in [0.717, 1.165) is 11.3 Å². The topological polar surface area (TPSA) is 72.3 Å². The molecule has 1 atom stereocenters. The lowest BCUT2D eigenvalue weighted by atomic mass is 10.1. The van der Waals surface area contributed by atoms with Crippen LogP contribution in [-0.2, 0) is 0 Å². The monoisotopic (exact) mass is 170 g/mol. The van der Waals surface area contributed by atoms with Crippen molar-refractivity contribution >= 4 is 0 Å². The molecule has 0 aliphatic carbocycles. The van der Waals surface area contributed by atoms with Crippen molar-refractivity contribution in [1.29, 1.82) is 0 Å². The highest BCUT2D eigenvalue weighted by Gasteiger charge is 2.16. The van der Waals surface area contributed by atoms with Gasteiger partial charge in [0.25, 0.3) is 0 Å². The van der Waals surface area contributed by atoms with Crippen molar-refractivity contribution in [3.63, 3.8) is 0 Å². The molecule has 0 aliphatic heterocycles. The Balaban J connectivity index is 2.85. The van der Waals surface area contributed by atoms with E-state index in [2.05, 4.69) is 5.16 Å². The van der Waals surface area contributed by atoms with Gasteiger partial charge in [-0.3, -0.25) is 0 Å². The van der Waals surface area contributed by atoms with Crippen molar-refractivity contribution in [1.82, 2.24) is 5.16 Å². The van der Waals surface area contributed by atoms with Crippen LogP contribution in [-0.4, -0.2) is 16.8 Å². The Morgan fingerprint density at radius 3 is 2.67 bits per heavy atom. The van der Waals surface area contributed by atoms with Gasteiger partial charge in [0, 0.05) is 5.56 Å². The molecule has 1 heterocycles. The maximum atomic E-state index is 9.59. The van der Waals surface area contributed by atoms with E-state index in [1.54, 1.807) is 6.92 Å². The number of aliphatic hydroxyl groups is 1. The number of nitrogens with two attached hydrogens (primary N) is 1. The second-order valence-electron chi connectivity index (χ2n) is 2.83. The molecule has 1 aromatic heterocycles. The van der Waals surface area contributed by atoms with Crippen molar-refractivity contribution in [2.75, 3.05) is 6.54 Å². The lowest BCUT2D eigenvalue weighted by Crippen LogP contribution is -2.07. The first-order chi connectivity index (χ1) is 5.66. The van der Waals surface area contributed by atoms with Crippen LogP contribution < -0.4 is 5.73 Å². The van der Waals surface area contributed by atoms with Crippen molar-refractivity contribution in [2.45, 2.75) is 26.4 Å². The highest BCUT2D eigenvalue weighted by molar-refractivity contribution is 5.23. The van der Waals surface area contributed by atoms with E-state index in [9.17, 15) is 5.11 Å². The zero-order valence-electron chi connectivity index (χ0n) is 7.37. The van der Waals surface area contributed by atoms with Gasteiger partial charge in [-0.1, -0.05) is 5.16 Å². The highest BCUT2D eigenvalue weighted by Crippen LogP contribution is 2.22. The maximum absolute atomic E-state index is 9.59. The lowest BCUT2D eigenvalue weighted by molar-refractivity contribution is 0.167. The van der Waals surface area contributed by atoms with E-state index < -0.39 is 6.10 Å². The van der Waals surface area contributed by atoms with Gasteiger partial charge in [-0.2, -0.15) is 0 Å². The number of hydrogen-bond acceptors (Lipinski definition) is 4. The summed E-state index contributed by atoms with van der Waals surface area (Å²) in [4.78, 5) is 0. The summed E-state index contributed by atoms with van der Waals surface area (Å²) in [5, 5.41) is 13.3. The van der Waals surface area contributed by atoms with Gasteiger partial charge in [0.15, 0.2) is 0 Å². The third-order valence-electron chi connectivity index (χ3n) is 1.86. The van der Waals surface area contributed by atoms with Crippen LogP contribution in [0.4, 0.5) is 0 Å². The van der Waals surface area contributed by atoms with Crippen LogP contribution >= 0.6 is 0 Å². The van der Waals surface area contributed by atoms with Gasteiger partial charge in [0.2, 0.25) is 0 Å². The highest BCUT2D eigenvalue weighted by atomic mass is 16.5. The summed E-state index contributed by atoms with van der Waals surface area (Å²) in [5.41, 5.74) is 6.85.